The second-order valence-corrected chi connectivity index (χ2v) is 5.09. The van der Waals surface area contributed by atoms with Crippen LogP contribution in [0.5, 0.6) is 0 Å². The Balaban J connectivity index is 1.94. The maximum atomic E-state index is 12.8. The Bertz CT molecular complexity index is 680. The Morgan fingerprint density at radius 2 is 1.70 bits per heavy atom. The number of hydrogen-bond acceptors (Lipinski definition) is 3. The van der Waals surface area contributed by atoms with Crippen LogP contribution >= 0.6 is 0 Å². The van der Waals surface area contributed by atoms with Crippen LogP contribution in [0.2, 0.25) is 0 Å². The summed E-state index contributed by atoms with van der Waals surface area (Å²) in [5, 5.41) is 2.56. The van der Waals surface area contributed by atoms with Crippen LogP contribution < -0.4 is 5.32 Å². The molecular formula is C18H18FNO3. The summed E-state index contributed by atoms with van der Waals surface area (Å²) in [6.45, 7) is 3.51. The summed E-state index contributed by atoms with van der Waals surface area (Å²) >= 11 is 0. The number of rotatable bonds is 5. The average Bonchev–Trinajstić information content (AvgIpc) is 2.56. The summed E-state index contributed by atoms with van der Waals surface area (Å²) in [7, 11) is 0. The Morgan fingerprint density at radius 1 is 1.09 bits per heavy atom. The van der Waals surface area contributed by atoms with Gasteiger partial charge in [0, 0.05) is 5.69 Å². The van der Waals surface area contributed by atoms with E-state index in [0.717, 1.165) is 12.0 Å². The van der Waals surface area contributed by atoms with Crippen molar-refractivity contribution < 1.29 is 18.7 Å². The minimum absolute atomic E-state index is 0.391. The first-order valence-electron chi connectivity index (χ1n) is 7.36. The molecule has 0 bridgehead atoms. The van der Waals surface area contributed by atoms with E-state index in [2.05, 4.69) is 5.32 Å². The number of anilines is 1. The normalized spacial score (nSPS) is 11.6. The van der Waals surface area contributed by atoms with Crippen molar-refractivity contribution in [2.45, 2.75) is 26.4 Å². The van der Waals surface area contributed by atoms with Crippen molar-refractivity contribution in [2.75, 3.05) is 5.32 Å². The second kappa shape index (κ2) is 7.54. The van der Waals surface area contributed by atoms with Gasteiger partial charge in [0.05, 0.1) is 5.56 Å². The molecule has 0 heterocycles. The van der Waals surface area contributed by atoms with Crippen LogP contribution in [0.25, 0.3) is 0 Å². The van der Waals surface area contributed by atoms with E-state index in [1.165, 1.54) is 31.2 Å². The van der Waals surface area contributed by atoms with Gasteiger partial charge in [-0.15, -0.1) is 0 Å². The summed E-state index contributed by atoms with van der Waals surface area (Å²) in [6, 6.07) is 12.4. The number of carbonyl (C=O) groups is 2. The monoisotopic (exact) mass is 315 g/mol. The molecule has 0 spiro atoms. The van der Waals surface area contributed by atoms with E-state index in [4.69, 9.17) is 4.74 Å². The summed E-state index contributed by atoms with van der Waals surface area (Å²) in [6.07, 6.45) is -0.0791. The van der Waals surface area contributed by atoms with Gasteiger partial charge in [0.2, 0.25) is 0 Å². The van der Waals surface area contributed by atoms with Gasteiger partial charge < -0.3 is 10.1 Å². The van der Waals surface area contributed by atoms with E-state index in [-0.39, 0.29) is 0 Å². The Kier molecular flexibility index (Phi) is 5.46. The molecule has 0 fully saturated rings. The Labute approximate surface area is 134 Å². The maximum absolute atomic E-state index is 12.8. The number of benzene rings is 2. The first-order valence-corrected chi connectivity index (χ1v) is 7.36. The lowest BCUT2D eigenvalue weighted by Gasteiger charge is -2.13. The number of aryl methyl sites for hydroxylation is 1. The third-order valence-electron chi connectivity index (χ3n) is 3.36. The van der Waals surface area contributed by atoms with Crippen LogP contribution in [-0.4, -0.2) is 18.0 Å². The molecule has 0 aliphatic carbocycles. The van der Waals surface area contributed by atoms with Crippen molar-refractivity contribution in [3.8, 4) is 0 Å². The van der Waals surface area contributed by atoms with E-state index in [1.807, 2.05) is 19.1 Å². The lowest BCUT2D eigenvalue weighted by Crippen LogP contribution is -2.30. The fraction of sp³-hybridized carbons (Fsp3) is 0.222. The molecule has 1 atom stereocenters. The fourth-order valence-corrected chi connectivity index (χ4v) is 1.94. The SMILES string of the molecule is CCc1ccc(C(=O)O[C@H](C)C(=O)Nc2ccc(F)cc2)cc1. The van der Waals surface area contributed by atoms with Crippen LogP contribution in [0.3, 0.4) is 0 Å². The molecule has 0 saturated heterocycles. The molecule has 1 amide bonds. The van der Waals surface area contributed by atoms with Gasteiger partial charge >= 0.3 is 5.97 Å². The zero-order valence-corrected chi connectivity index (χ0v) is 13.0. The molecule has 0 aliphatic rings. The topological polar surface area (TPSA) is 55.4 Å². The average molecular weight is 315 g/mol. The van der Waals surface area contributed by atoms with Gasteiger partial charge in [-0.3, -0.25) is 4.79 Å². The predicted octanol–water partition coefficient (Wildman–Crippen LogP) is 3.57. The highest BCUT2D eigenvalue weighted by Gasteiger charge is 2.19. The molecule has 1 N–H and O–H groups in total. The van der Waals surface area contributed by atoms with Crippen LogP contribution in [-0.2, 0) is 16.0 Å². The van der Waals surface area contributed by atoms with Crippen molar-refractivity contribution in [2.24, 2.45) is 0 Å². The zero-order chi connectivity index (χ0) is 16.8. The van der Waals surface area contributed by atoms with Crippen molar-refractivity contribution in [3.63, 3.8) is 0 Å². The van der Waals surface area contributed by atoms with E-state index in [1.54, 1.807) is 12.1 Å². The molecule has 120 valence electrons. The first-order chi connectivity index (χ1) is 11.0. The predicted molar refractivity (Wildman–Crippen MR) is 85.7 cm³/mol. The minimum atomic E-state index is -0.960. The highest BCUT2D eigenvalue weighted by molar-refractivity contribution is 5.97. The van der Waals surface area contributed by atoms with Crippen molar-refractivity contribution in [1.29, 1.82) is 0 Å². The molecule has 0 aromatic heterocycles. The molecular weight excluding hydrogens is 297 g/mol. The standard InChI is InChI=1S/C18H18FNO3/c1-3-13-4-6-14(7-5-13)18(22)23-12(2)17(21)20-16-10-8-15(19)9-11-16/h4-12H,3H2,1-2H3,(H,20,21)/t12-/m1/s1. The highest BCUT2D eigenvalue weighted by atomic mass is 19.1. The first kappa shape index (κ1) is 16.7. The molecule has 0 radical (unpaired) electrons. The van der Waals surface area contributed by atoms with Crippen molar-refractivity contribution in [1.82, 2.24) is 0 Å². The van der Waals surface area contributed by atoms with Crippen molar-refractivity contribution >= 4 is 17.6 Å². The number of esters is 1. The highest BCUT2D eigenvalue weighted by Crippen LogP contribution is 2.11. The molecule has 2 rings (SSSR count). The lowest BCUT2D eigenvalue weighted by atomic mass is 10.1. The number of carbonyl (C=O) groups excluding carboxylic acids is 2. The minimum Gasteiger partial charge on any atom is -0.449 e. The third kappa shape index (κ3) is 4.64. The molecule has 0 unspecified atom stereocenters. The Hall–Kier alpha value is -2.69. The second-order valence-electron chi connectivity index (χ2n) is 5.09. The Morgan fingerprint density at radius 3 is 2.26 bits per heavy atom. The summed E-state index contributed by atoms with van der Waals surface area (Å²) in [5.74, 6) is -1.43. The van der Waals surface area contributed by atoms with Crippen LogP contribution in [0.15, 0.2) is 48.5 Å². The van der Waals surface area contributed by atoms with Gasteiger partial charge in [-0.1, -0.05) is 19.1 Å². The number of nitrogens with one attached hydrogen (secondary N) is 1. The van der Waals surface area contributed by atoms with Gasteiger partial charge in [0.1, 0.15) is 5.82 Å². The number of hydrogen-bond donors (Lipinski definition) is 1. The summed E-state index contributed by atoms with van der Waals surface area (Å²) in [5.41, 5.74) is 1.94. The van der Waals surface area contributed by atoms with Gasteiger partial charge in [0.15, 0.2) is 6.10 Å². The summed E-state index contributed by atoms with van der Waals surface area (Å²) in [4.78, 5) is 24.0. The van der Waals surface area contributed by atoms with Gasteiger partial charge in [-0.05, 0) is 55.3 Å². The molecule has 23 heavy (non-hydrogen) atoms. The smallest absolute Gasteiger partial charge is 0.338 e. The van der Waals surface area contributed by atoms with Gasteiger partial charge in [-0.25, -0.2) is 9.18 Å². The van der Waals surface area contributed by atoms with Crippen LogP contribution in [0.1, 0.15) is 29.8 Å². The molecule has 2 aromatic rings. The summed E-state index contributed by atoms with van der Waals surface area (Å²) < 4.78 is 18.0. The fourth-order valence-electron chi connectivity index (χ4n) is 1.94. The van der Waals surface area contributed by atoms with E-state index in [9.17, 15) is 14.0 Å². The number of halogens is 1. The molecule has 4 nitrogen and oxygen atoms in total. The number of ether oxygens (including phenoxy) is 1. The van der Waals surface area contributed by atoms with Crippen LogP contribution in [0, 0.1) is 5.82 Å². The van der Waals surface area contributed by atoms with Gasteiger partial charge in [0.25, 0.3) is 5.91 Å². The molecule has 0 saturated carbocycles. The van der Waals surface area contributed by atoms with Crippen molar-refractivity contribution in [3.05, 3.63) is 65.5 Å². The third-order valence-corrected chi connectivity index (χ3v) is 3.36. The van der Waals surface area contributed by atoms with E-state index < -0.39 is 23.8 Å². The largest absolute Gasteiger partial charge is 0.449 e. The van der Waals surface area contributed by atoms with Crippen LogP contribution in [0.4, 0.5) is 10.1 Å². The molecule has 2 aromatic carbocycles. The van der Waals surface area contributed by atoms with Gasteiger partial charge in [-0.2, -0.15) is 0 Å². The van der Waals surface area contributed by atoms with E-state index >= 15 is 0 Å². The molecule has 5 heteroatoms. The van der Waals surface area contributed by atoms with E-state index in [0.29, 0.717) is 11.3 Å². The molecule has 0 aliphatic heterocycles. The quantitative estimate of drug-likeness (QED) is 0.858. The maximum Gasteiger partial charge on any atom is 0.338 e. The lowest BCUT2D eigenvalue weighted by molar-refractivity contribution is -0.123. The number of amides is 1. The zero-order valence-electron chi connectivity index (χ0n) is 13.0.